The summed E-state index contributed by atoms with van der Waals surface area (Å²) in [6, 6.07) is 5.15. The first-order chi connectivity index (χ1) is 7.95. The lowest BCUT2D eigenvalue weighted by molar-refractivity contribution is 0.544. The van der Waals surface area contributed by atoms with Crippen LogP contribution in [0.15, 0.2) is 23.2 Å². The van der Waals surface area contributed by atoms with Crippen molar-refractivity contribution in [3.05, 3.63) is 29.6 Å². The Labute approximate surface area is 99.3 Å². The average Bonchev–Trinajstić information content (AvgIpc) is 2.57. The van der Waals surface area contributed by atoms with Crippen molar-refractivity contribution >= 4 is 15.9 Å². The zero-order valence-corrected chi connectivity index (χ0v) is 10.5. The van der Waals surface area contributed by atoms with Crippen molar-refractivity contribution in [3.8, 4) is 0 Å². The van der Waals surface area contributed by atoms with Crippen LogP contribution in [-0.2, 0) is 16.6 Å². The van der Waals surface area contributed by atoms with Crippen molar-refractivity contribution in [1.29, 1.82) is 0 Å². The van der Waals surface area contributed by atoms with Crippen molar-refractivity contribution in [1.82, 2.24) is 9.38 Å². The Hall–Kier alpha value is -1.43. The highest BCUT2D eigenvalue weighted by molar-refractivity contribution is 7.86. The van der Waals surface area contributed by atoms with Crippen molar-refractivity contribution < 1.29 is 12.3 Å². The summed E-state index contributed by atoms with van der Waals surface area (Å²) in [7, 11) is -4.76. The maximum atomic E-state index is 13.4. The minimum atomic E-state index is -4.76. The number of rotatable bonds is 3. The van der Waals surface area contributed by atoms with E-state index in [1.807, 2.05) is 6.92 Å². The highest BCUT2D eigenvalue weighted by Gasteiger charge is 2.24. The molecule has 0 aliphatic rings. The molecular formula is C11H13FN2O2S. The molecule has 0 fully saturated rings. The second kappa shape index (κ2) is 4.10. The molecular weight excluding hydrogens is 243 g/mol. The lowest BCUT2D eigenvalue weighted by Crippen LogP contribution is -2.03. The van der Waals surface area contributed by atoms with Gasteiger partial charge in [-0.1, -0.05) is 23.3 Å². The number of halogens is 1. The van der Waals surface area contributed by atoms with E-state index in [1.165, 1.54) is 4.40 Å². The van der Waals surface area contributed by atoms with Gasteiger partial charge in [0.1, 0.15) is 5.65 Å². The maximum Gasteiger partial charge on any atom is 0.350 e. The summed E-state index contributed by atoms with van der Waals surface area (Å²) < 4.78 is 37.2. The number of aryl methyl sites for hydroxylation is 2. The van der Waals surface area contributed by atoms with E-state index in [2.05, 4.69) is 4.98 Å². The molecule has 17 heavy (non-hydrogen) atoms. The first-order valence-corrected chi connectivity index (χ1v) is 6.75. The van der Waals surface area contributed by atoms with Gasteiger partial charge in [0, 0.05) is 5.69 Å². The molecule has 0 radical (unpaired) electrons. The van der Waals surface area contributed by atoms with E-state index >= 15 is 0 Å². The van der Waals surface area contributed by atoms with Crippen LogP contribution >= 0.6 is 0 Å². The number of fused-ring (bicyclic) bond motifs is 1. The topological polar surface area (TPSA) is 51.4 Å². The van der Waals surface area contributed by atoms with Crippen LogP contribution in [-0.4, -0.2) is 17.8 Å². The predicted octanol–water partition coefficient (Wildman–Crippen LogP) is 2.25. The summed E-state index contributed by atoms with van der Waals surface area (Å²) in [5.74, 6) is 0. The van der Waals surface area contributed by atoms with Gasteiger partial charge in [-0.3, -0.25) is 4.40 Å². The van der Waals surface area contributed by atoms with Gasteiger partial charge in [-0.05, 0) is 25.5 Å². The Morgan fingerprint density at radius 3 is 2.71 bits per heavy atom. The van der Waals surface area contributed by atoms with Gasteiger partial charge < -0.3 is 0 Å². The molecule has 0 atom stereocenters. The number of hydrogen-bond donors (Lipinski definition) is 0. The van der Waals surface area contributed by atoms with Crippen LogP contribution < -0.4 is 0 Å². The molecule has 0 aliphatic heterocycles. The van der Waals surface area contributed by atoms with Crippen LogP contribution in [0.1, 0.15) is 24.7 Å². The lowest BCUT2D eigenvalue weighted by Gasteiger charge is -2.02. The second-order valence-corrected chi connectivity index (χ2v) is 5.17. The smallest absolute Gasteiger partial charge is 0.285 e. The first-order valence-electron chi connectivity index (χ1n) is 5.36. The Morgan fingerprint density at radius 1 is 1.41 bits per heavy atom. The molecule has 4 nitrogen and oxygen atoms in total. The fourth-order valence-corrected chi connectivity index (χ4v) is 2.80. The summed E-state index contributed by atoms with van der Waals surface area (Å²) in [6.45, 7) is 3.62. The first kappa shape index (κ1) is 12.0. The van der Waals surface area contributed by atoms with Crippen molar-refractivity contribution in [2.24, 2.45) is 0 Å². The summed E-state index contributed by atoms with van der Waals surface area (Å²) in [4.78, 5) is 4.17. The van der Waals surface area contributed by atoms with E-state index in [0.717, 1.165) is 0 Å². The van der Waals surface area contributed by atoms with Gasteiger partial charge in [0.25, 0.3) is 0 Å². The van der Waals surface area contributed by atoms with Gasteiger partial charge in [0.05, 0.1) is 5.69 Å². The molecule has 92 valence electrons. The van der Waals surface area contributed by atoms with E-state index in [-0.39, 0.29) is 5.03 Å². The van der Waals surface area contributed by atoms with Gasteiger partial charge in [-0.25, -0.2) is 4.98 Å². The highest BCUT2D eigenvalue weighted by atomic mass is 32.3. The zero-order chi connectivity index (χ0) is 12.6. The van der Waals surface area contributed by atoms with Crippen LogP contribution in [0.3, 0.4) is 0 Å². The normalized spacial score (nSPS) is 12.2. The van der Waals surface area contributed by atoms with Crippen LogP contribution in [0.2, 0.25) is 0 Å². The van der Waals surface area contributed by atoms with E-state index in [4.69, 9.17) is 0 Å². The summed E-state index contributed by atoms with van der Waals surface area (Å²) in [5, 5.41) is -0.326. The third-order valence-corrected chi connectivity index (χ3v) is 3.46. The lowest BCUT2D eigenvalue weighted by atomic mass is 10.3. The molecule has 0 amide bonds. The van der Waals surface area contributed by atoms with E-state index < -0.39 is 10.2 Å². The Morgan fingerprint density at radius 2 is 2.12 bits per heavy atom. The van der Waals surface area contributed by atoms with Gasteiger partial charge >= 0.3 is 10.2 Å². The number of imidazole rings is 1. The van der Waals surface area contributed by atoms with Gasteiger partial charge in [-0.15, -0.1) is 0 Å². The molecule has 0 bridgehead atoms. The summed E-state index contributed by atoms with van der Waals surface area (Å²) >= 11 is 0. The van der Waals surface area contributed by atoms with E-state index in [1.54, 1.807) is 25.1 Å². The Balaban J connectivity index is 2.88. The molecule has 0 unspecified atom stereocenters. The fourth-order valence-electron chi connectivity index (χ4n) is 1.92. The van der Waals surface area contributed by atoms with Crippen LogP contribution in [0, 0.1) is 6.92 Å². The number of nitrogens with zero attached hydrogens (tertiary/aromatic N) is 2. The quantitative estimate of drug-likeness (QED) is 0.791. The standard InChI is InChI=1S/C11H13FN2O2S/c1-3-5-9-11(17(12,15)16)14-8(2)6-4-7-10(14)13-9/h4,6-7H,3,5H2,1-2H3. The van der Waals surface area contributed by atoms with Crippen LogP contribution in [0.5, 0.6) is 0 Å². The highest BCUT2D eigenvalue weighted by Crippen LogP contribution is 2.22. The van der Waals surface area contributed by atoms with Gasteiger partial charge in [0.2, 0.25) is 0 Å². The molecule has 2 heterocycles. The molecule has 0 saturated carbocycles. The molecule has 0 aromatic carbocycles. The van der Waals surface area contributed by atoms with Gasteiger partial charge in [-0.2, -0.15) is 8.42 Å². The number of pyridine rings is 1. The van der Waals surface area contributed by atoms with E-state index in [0.29, 0.717) is 29.9 Å². The summed E-state index contributed by atoms with van der Waals surface area (Å²) in [5.41, 5.74) is 1.41. The van der Waals surface area contributed by atoms with Crippen molar-refractivity contribution in [2.75, 3.05) is 0 Å². The molecule has 2 aromatic rings. The number of aromatic nitrogens is 2. The Bertz CT molecular complexity index is 661. The predicted molar refractivity (Wildman–Crippen MR) is 62.2 cm³/mol. The molecule has 0 N–H and O–H groups in total. The fraction of sp³-hybridized carbons (Fsp3) is 0.364. The molecule has 2 aromatic heterocycles. The summed E-state index contributed by atoms with van der Waals surface area (Å²) in [6.07, 6.45) is 1.16. The molecule has 0 saturated heterocycles. The molecule has 6 heteroatoms. The van der Waals surface area contributed by atoms with Crippen LogP contribution in [0.4, 0.5) is 3.89 Å². The third-order valence-electron chi connectivity index (χ3n) is 2.58. The van der Waals surface area contributed by atoms with Crippen LogP contribution in [0.25, 0.3) is 5.65 Å². The van der Waals surface area contributed by atoms with Crippen molar-refractivity contribution in [2.45, 2.75) is 31.7 Å². The molecule has 0 aliphatic carbocycles. The Kier molecular flexibility index (Phi) is 2.91. The zero-order valence-electron chi connectivity index (χ0n) is 9.64. The number of hydrogen-bond acceptors (Lipinski definition) is 3. The van der Waals surface area contributed by atoms with Gasteiger partial charge in [0.15, 0.2) is 5.03 Å². The third kappa shape index (κ3) is 2.04. The monoisotopic (exact) mass is 256 g/mol. The van der Waals surface area contributed by atoms with E-state index in [9.17, 15) is 12.3 Å². The van der Waals surface area contributed by atoms with Crippen molar-refractivity contribution in [3.63, 3.8) is 0 Å². The maximum absolute atomic E-state index is 13.4. The minimum Gasteiger partial charge on any atom is -0.285 e. The average molecular weight is 256 g/mol. The molecule has 0 spiro atoms. The largest absolute Gasteiger partial charge is 0.350 e. The minimum absolute atomic E-state index is 0.296. The molecule has 2 rings (SSSR count). The SMILES string of the molecule is CCCc1nc2cccc(C)n2c1S(=O)(=O)F. The second-order valence-electron chi connectivity index (χ2n) is 3.91.